The lowest BCUT2D eigenvalue weighted by atomic mass is 9.73. The van der Waals surface area contributed by atoms with E-state index in [1.54, 1.807) is 0 Å². The van der Waals surface area contributed by atoms with Crippen LogP contribution < -0.4 is 0 Å². The molecular formula is C22H33N3O3S. The number of ether oxygens (including phenoxy) is 2. The lowest BCUT2D eigenvalue weighted by Crippen LogP contribution is -2.76. The highest BCUT2D eigenvalue weighted by Gasteiger charge is 2.57. The Hall–Kier alpha value is -1.02. The highest BCUT2D eigenvalue weighted by molar-refractivity contribution is 7.13. The zero-order chi connectivity index (χ0) is 20.0. The molecular weight excluding hydrogens is 386 g/mol. The fourth-order valence-corrected chi connectivity index (χ4v) is 6.34. The Bertz CT molecular complexity index is 748. The lowest BCUT2D eigenvalue weighted by molar-refractivity contribution is -0.217. The fraction of sp³-hybridized carbons (Fsp3) is 0.818. The second-order valence-corrected chi connectivity index (χ2v) is 10.5. The SMILES string of the molecule is Cc1nc(C)c(C(=O)N2CCC(N3CC(OCC4CC4)C34CCOCC4)CC2)s1. The maximum atomic E-state index is 12.9. The van der Waals surface area contributed by atoms with Gasteiger partial charge in [-0.15, -0.1) is 11.3 Å². The second kappa shape index (κ2) is 7.91. The van der Waals surface area contributed by atoms with E-state index in [-0.39, 0.29) is 11.4 Å². The van der Waals surface area contributed by atoms with Gasteiger partial charge in [0, 0.05) is 45.5 Å². The summed E-state index contributed by atoms with van der Waals surface area (Å²) in [5, 5.41) is 0.972. The molecule has 1 unspecified atom stereocenters. The Balaban J connectivity index is 1.21. The predicted molar refractivity (Wildman–Crippen MR) is 112 cm³/mol. The third-order valence-electron chi connectivity index (χ3n) is 7.41. The summed E-state index contributed by atoms with van der Waals surface area (Å²) >= 11 is 1.53. The molecule has 0 aromatic carbocycles. The molecule has 7 heteroatoms. The second-order valence-electron chi connectivity index (χ2n) is 9.30. The molecule has 4 aliphatic rings. The molecule has 1 aromatic heterocycles. The molecule has 5 rings (SSSR count). The zero-order valence-corrected chi connectivity index (χ0v) is 18.5. The summed E-state index contributed by atoms with van der Waals surface area (Å²) in [6.07, 6.45) is 7.34. The van der Waals surface area contributed by atoms with Crippen molar-refractivity contribution in [3.05, 3.63) is 15.6 Å². The van der Waals surface area contributed by atoms with Crippen LogP contribution in [-0.4, -0.2) is 77.8 Å². The summed E-state index contributed by atoms with van der Waals surface area (Å²) in [7, 11) is 0. The zero-order valence-electron chi connectivity index (χ0n) is 17.7. The van der Waals surface area contributed by atoms with Crippen LogP contribution >= 0.6 is 11.3 Å². The third kappa shape index (κ3) is 3.75. The van der Waals surface area contributed by atoms with E-state index < -0.39 is 0 Å². The van der Waals surface area contributed by atoms with Gasteiger partial charge in [0.15, 0.2) is 0 Å². The van der Waals surface area contributed by atoms with Gasteiger partial charge in [-0.3, -0.25) is 9.69 Å². The largest absolute Gasteiger partial charge is 0.381 e. The van der Waals surface area contributed by atoms with Crippen molar-refractivity contribution >= 4 is 17.2 Å². The summed E-state index contributed by atoms with van der Waals surface area (Å²) in [5.74, 6) is 0.982. The summed E-state index contributed by atoms with van der Waals surface area (Å²) < 4.78 is 12.1. The number of nitrogens with zero attached hydrogens (tertiary/aromatic N) is 3. The van der Waals surface area contributed by atoms with Crippen LogP contribution in [0.1, 0.15) is 58.9 Å². The standard InChI is InChI=1S/C22H33N3O3S/c1-15-20(29-16(2)23-15)21(26)24-9-5-18(6-10-24)25-13-19(28-14-17-3-4-17)22(25)7-11-27-12-8-22/h17-19H,3-14H2,1-2H3. The van der Waals surface area contributed by atoms with Crippen LogP contribution in [-0.2, 0) is 9.47 Å². The molecule has 1 saturated carbocycles. The van der Waals surface area contributed by atoms with Gasteiger partial charge in [-0.25, -0.2) is 4.98 Å². The number of likely N-dealkylation sites (tertiary alicyclic amines) is 2. The van der Waals surface area contributed by atoms with Crippen molar-refractivity contribution in [3.63, 3.8) is 0 Å². The summed E-state index contributed by atoms with van der Waals surface area (Å²) in [6, 6.07) is 0.558. The minimum absolute atomic E-state index is 0.168. The first-order valence-corrected chi connectivity index (χ1v) is 12.1. The molecule has 6 nitrogen and oxygen atoms in total. The molecule has 0 N–H and O–H groups in total. The summed E-state index contributed by atoms with van der Waals surface area (Å²) in [6.45, 7) is 9.30. The highest BCUT2D eigenvalue weighted by Crippen LogP contribution is 2.45. The van der Waals surface area contributed by atoms with Crippen LogP contribution in [0, 0.1) is 19.8 Å². The van der Waals surface area contributed by atoms with E-state index in [4.69, 9.17) is 9.47 Å². The van der Waals surface area contributed by atoms with Gasteiger partial charge in [0.05, 0.1) is 22.3 Å². The van der Waals surface area contributed by atoms with Crippen molar-refractivity contribution in [2.45, 2.75) is 70.1 Å². The first-order chi connectivity index (χ1) is 14.1. The van der Waals surface area contributed by atoms with Crippen LogP contribution in [0.25, 0.3) is 0 Å². The Morgan fingerprint density at radius 3 is 2.55 bits per heavy atom. The number of piperidine rings is 1. The van der Waals surface area contributed by atoms with E-state index in [1.165, 1.54) is 24.2 Å². The summed E-state index contributed by atoms with van der Waals surface area (Å²) in [4.78, 5) is 22.9. The van der Waals surface area contributed by atoms with Crippen LogP contribution in [0.3, 0.4) is 0 Å². The number of hydrogen-bond donors (Lipinski definition) is 0. The molecule has 160 valence electrons. The van der Waals surface area contributed by atoms with Crippen LogP contribution in [0.15, 0.2) is 0 Å². The number of hydrogen-bond acceptors (Lipinski definition) is 6. The molecule has 3 saturated heterocycles. The molecule has 1 spiro atoms. The molecule has 0 radical (unpaired) electrons. The Kier molecular flexibility index (Phi) is 5.43. The average molecular weight is 420 g/mol. The van der Waals surface area contributed by atoms with E-state index in [9.17, 15) is 4.79 Å². The Labute approximate surface area is 177 Å². The third-order valence-corrected chi connectivity index (χ3v) is 8.47. The van der Waals surface area contributed by atoms with Crippen LogP contribution in [0.2, 0.25) is 0 Å². The van der Waals surface area contributed by atoms with Gasteiger partial charge in [0.2, 0.25) is 0 Å². The van der Waals surface area contributed by atoms with Crippen molar-refractivity contribution in [2.75, 3.05) is 39.5 Å². The normalized spacial score (nSPS) is 27.9. The van der Waals surface area contributed by atoms with Crippen molar-refractivity contribution in [1.29, 1.82) is 0 Å². The van der Waals surface area contributed by atoms with Gasteiger partial charge in [-0.1, -0.05) is 0 Å². The summed E-state index contributed by atoms with van der Waals surface area (Å²) in [5.41, 5.74) is 1.05. The maximum absolute atomic E-state index is 12.9. The van der Waals surface area contributed by atoms with Crippen molar-refractivity contribution in [2.24, 2.45) is 5.92 Å². The minimum Gasteiger partial charge on any atom is -0.381 e. The molecule has 0 bridgehead atoms. The maximum Gasteiger partial charge on any atom is 0.265 e. The van der Waals surface area contributed by atoms with Crippen molar-refractivity contribution < 1.29 is 14.3 Å². The number of aromatic nitrogens is 1. The Morgan fingerprint density at radius 1 is 1.21 bits per heavy atom. The predicted octanol–water partition coefficient (Wildman–Crippen LogP) is 3.02. The molecule has 1 aromatic rings. The number of carbonyl (C=O) groups excluding carboxylic acids is 1. The molecule has 4 heterocycles. The van der Waals surface area contributed by atoms with E-state index in [1.807, 2.05) is 18.7 Å². The van der Waals surface area contributed by atoms with Gasteiger partial charge in [0.1, 0.15) is 4.88 Å². The topological polar surface area (TPSA) is 54.9 Å². The highest BCUT2D eigenvalue weighted by atomic mass is 32.1. The van der Waals surface area contributed by atoms with E-state index >= 15 is 0 Å². The molecule has 1 amide bonds. The van der Waals surface area contributed by atoms with E-state index in [0.717, 1.165) is 86.6 Å². The van der Waals surface area contributed by atoms with Crippen molar-refractivity contribution in [1.82, 2.24) is 14.8 Å². The number of amides is 1. The van der Waals surface area contributed by atoms with Gasteiger partial charge in [-0.2, -0.15) is 0 Å². The molecule has 29 heavy (non-hydrogen) atoms. The molecule has 4 fully saturated rings. The van der Waals surface area contributed by atoms with Crippen LogP contribution in [0.5, 0.6) is 0 Å². The van der Waals surface area contributed by atoms with E-state index in [2.05, 4.69) is 9.88 Å². The number of rotatable bonds is 5. The van der Waals surface area contributed by atoms with Gasteiger partial charge >= 0.3 is 0 Å². The first kappa shape index (κ1) is 19.9. The monoisotopic (exact) mass is 419 g/mol. The fourth-order valence-electron chi connectivity index (χ4n) is 5.45. The minimum atomic E-state index is 0.168. The number of thiazole rings is 1. The average Bonchev–Trinajstić information content (AvgIpc) is 3.50. The van der Waals surface area contributed by atoms with Gasteiger partial charge in [0.25, 0.3) is 5.91 Å². The Morgan fingerprint density at radius 2 is 1.93 bits per heavy atom. The molecule has 1 aliphatic carbocycles. The van der Waals surface area contributed by atoms with E-state index in [0.29, 0.717) is 12.1 Å². The molecule has 1 atom stereocenters. The number of carbonyl (C=O) groups is 1. The van der Waals surface area contributed by atoms with Gasteiger partial charge in [-0.05, 0) is 58.3 Å². The van der Waals surface area contributed by atoms with Gasteiger partial charge < -0.3 is 14.4 Å². The first-order valence-electron chi connectivity index (χ1n) is 11.3. The van der Waals surface area contributed by atoms with Crippen LogP contribution in [0.4, 0.5) is 0 Å². The lowest BCUT2D eigenvalue weighted by Gasteiger charge is -2.63. The quantitative estimate of drug-likeness (QED) is 0.734. The molecule has 3 aliphatic heterocycles. The van der Waals surface area contributed by atoms with Crippen molar-refractivity contribution in [3.8, 4) is 0 Å². The number of aryl methyl sites for hydroxylation is 2. The smallest absolute Gasteiger partial charge is 0.265 e.